The summed E-state index contributed by atoms with van der Waals surface area (Å²) >= 11 is 0. The number of carboxylic acid groups (broad SMARTS) is 1. The van der Waals surface area contributed by atoms with Crippen LogP contribution in [0.2, 0.25) is 0 Å². The fourth-order valence-electron chi connectivity index (χ4n) is 1.27. The van der Waals surface area contributed by atoms with Crippen LogP contribution in [-0.2, 0) is 19.9 Å². The molecule has 11 heteroatoms. The second kappa shape index (κ2) is 5.32. The Bertz CT molecular complexity index is 757. The Morgan fingerprint density at radius 2 is 1.75 bits per heavy atom. The lowest BCUT2D eigenvalue weighted by Gasteiger charge is -2.09. The molecule has 112 valence electrons. The molecule has 0 saturated heterocycles. The summed E-state index contributed by atoms with van der Waals surface area (Å²) in [6.07, 6.45) is 0.649. The Morgan fingerprint density at radius 1 is 1.20 bits per heavy atom. The standard InChI is InChI=1S/C9H9F2NO6S2/c1-19(15,16)4-20(17,18)12-8-2-5(9(13)14)6(10)3-7(8)11/h2-3,12H,4H2,1H3,(H,13,14). The van der Waals surface area contributed by atoms with Crippen molar-refractivity contribution in [2.75, 3.05) is 16.1 Å². The molecule has 0 unspecified atom stereocenters. The summed E-state index contributed by atoms with van der Waals surface area (Å²) < 4.78 is 72.6. The van der Waals surface area contributed by atoms with Gasteiger partial charge in [0.15, 0.2) is 14.9 Å². The summed E-state index contributed by atoms with van der Waals surface area (Å²) in [5.41, 5.74) is -1.81. The normalized spacial score (nSPS) is 12.2. The van der Waals surface area contributed by atoms with Gasteiger partial charge in [0, 0.05) is 12.3 Å². The minimum Gasteiger partial charge on any atom is -0.478 e. The Hall–Kier alpha value is -1.75. The summed E-state index contributed by atoms with van der Waals surface area (Å²) in [6.45, 7) is 0. The van der Waals surface area contributed by atoms with Crippen molar-refractivity contribution in [3.05, 3.63) is 29.3 Å². The van der Waals surface area contributed by atoms with Gasteiger partial charge in [-0.15, -0.1) is 0 Å². The number of rotatable bonds is 5. The van der Waals surface area contributed by atoms with E-state index in [1.807, 2.05) is 0 Å². The summed E-state index contributed by atoms with van der Waals surface area (Å²) in [4.78, 5) is 10.6. The van der Waals surface area contributed by atoms with E-state index in [1.165, 1.54) is 0 Å². The lowest BCUT2D eigenvalue weighted by molar-refractivity contribution is 0.0692. The summed E-state index contributed by atoms with van der Waals surface area (Å²) in [5.74, 6) is -4.49. The molecule has 0 aliphatic rings. The highest BCUT2D eigenvalue weighted by Gasteiger charge is 2.22. The molecule has 0 saturated carbocycles. The van der Waals surface area contributed by atoms with Crippen molar-refractivity contribution in [2.45, 2.75) is 0 Å². The third-order valence-electron chi connectivity index (χ3n) is 1.92. The average molecular weight is 329 g/mol. The van der Waals surface area contributed by atoms with E-state index < -0.39 is 53.8 Å². The van der Waals surface area contributed by atoms with Crippen LogP contribution in [0.25, 0.3) is 0 Å². The Labute approximate surface area is 113 Å². The molecule has 0 aliphatic carbocycles. The quantitative estimate of drug-likeness (QED) is 0.808. The number of hydrogen-bond donors (Lipinski definition) is 2. The molecule has 0 spiro atoms. The lowest BCUT2D eigenvalue weighted by Crippen LogP contribution is -2.23. The number of aromatic carboxylic acids is 1. The van der Waals surface area contributed by atoms with Gasteiger partial charge in [-0.3, -0.25) is 4.72 Å². The van der Waals surface area contributed by atoms with Crippen molar-refractivity contribution >= 4 is 31.5 Å². The third-order valence-corrected chi connectivity index (χ3v) is 5.41. The van der Waals surface area contributed by atoms with Crippen LogP contribution in [0.15, 0.2) is 12.1 Å². The van der Waals surface area contributed by atoms with Crippen LogP contribution < -0.4 is 4.72 Å². The van der Waals surface area contributed by atoms with Crippen LogP contribution in [0.5, 0.6) is 0 Å². The average Bonchev–Trinajstić information content (AvgIpc) is 2.17. The molecule has 0 atom stereocenters. The molecule has 0 amide bonds. The first kappa shape index (κ1) is 16.3. The number of sulfonamides is 1. The Morgan fingerprint density at radius 3 is 2.20 bits per heavy atom. The molecular weight excluding hydrogens is 320 g/mol. The summed E-state index contributed by atoms with van der Waals surface area (Å²) in [5, 5.41) is 7.31. The molecule has 2 N–H and O–H groups in total. The van der Waals surface area contributed by atoms with Crippen LogP contribution in [0.3, 0.4) is 0 Å². The van der Waals surface area contributed by atoms with Crippen molar-refractivity contribution in [3.63, 3.8) is 0 Å². The van der Waals surface area contributed by atoms with Gasteiger partial charge in [0.25, 0.3) is 0 Å². The SMILES string of the molecule is CS(=O)(=O)CS(=O)(=O)Nc1cc(C(=O)O)c(F)cc1F. The Kier molecular flexibility index (Phi) is 4.34. The molecule has 0 fully saturated rings. The van der Waals surface area contributed by atoms with E-state index in [0.717, 1.165) is 0 Å². The van der Waals surface area contributed by atoms with Gasteiger partial charge in [-0.2, -0.15) is 0 Å². The van der Waals surface area contributed by atoms with Crippen LogP contribution in [0.4, 0.5) is 14.5 Å². The second-order valence-electron chi connectivity index (χ2n) is 3.88. The van der Waals surface area contributed by atoms with E-state index >= 15 is 0 Å². The number of sulfone groups is 1. The number of anilines is 1. The number of hydrogen-bond acceptors (Lipinski definition) is 5. The lowest BCUT2D eigenvalue weighted by atomic mass is 10.2. The van der Waals surface area contributed by atoms with Crippen molar-refractivity contribution in [2.24, 2.45) is 0 Å². The van der Waals surface area contributed by atoms with Gasteiger partial charge >= 0.3 is 5.97 Å². The molecule has 7 nitrogen and oxygen atoms in total. The highest BCUT2D eigenvalue weighted by Crippen LogP contribution is 2.21. The van der Waals surface area contributed by atoms with Gasteiger partial charge in [0.05, 0.1) is 11.3 Å². The Balaban J connectivity index is 3.22. The molecule has 0 radical (unpaired) electrons. The molecular formula is C9H9F2NO6S2. The first-order chi connectivity index (χ1) is 8.91. The van der Waals surface area contributed by atoms with E-state index in [1.54, 1.807) is 4.72 Å². The van der Waals surface area contributed by atoms with E-state index in [4.69, 9.17) is 5.11 Å². The van der Waals surface area contributed by atoms with Crippen molar-refractivity contribution in [1.29, 1.82) is 0 Å². The highest BCUT2D eigenvalue weighted by atomic mass is 32.3. The molecule has 0 bridgehead atoms. The molecule has 1 aromatic carbocycles. The van der Waals surface area contributed by atoms with Gasteiger partial charge in [0.2, 0.25) is 10.0 Å². The molecule has 20 heavy (non-hydrogen) atoms. The highest BCUT2D eigenvalue weighted by molar-refractivity contribution is 8.08. The third kappa shape index (κ3) is 4.42. The molecule has 1 rings (SSSR count). The minimum absolute atomic E-state index is 0.182. The fraction of sp³-hybridized carbons (Fsp3) is 0.222. The van der Waals surface area contributed by atoms with Gasteiger partial charge in [0.1, 0.15) is 11.6 Å². The summed E-state index contributed by atoms with van der Waals surface area (Å²) in [7, 11) is -8.38. The maximum absolute atomic E-state index is 13.3. The number of halogens is 2. The number of carbonyl (C=O) groups is 1. The van der Waals surface area contributed by atoms with E-state index in [-0.39, 0.29) is 6.07 Å². The molecule has 0 aliphatic heterocycles. The first-order valence-corrected chi connectivity index (χ1v) is 8.53. The zero-order chi connectivity index (χ0) is 15.7. The van der Waals surface area contributed by atoms with Crippen LogP contribution in [0.1, 0.15) is 10.4 Å². The van der Waals surface area contributed by atoms with Crippen LogP contribution in [-0.4, -0.2) is 39.3 Å². The molecule has 0 heterocycles. The van der Waals surface area contributed by atoms with E-state index in [9.17, 15) is 30.4 Å². The van der Waals surface area contributed by atoms with Gasteiger partial charge in [-0.05, 0) is 6.07 Å². The largest absolute Gasteiger partial charge is 0.478 e. The monoisotopic (exact) mass is 329 g/mol. The maximum atomic E-state index is 13.3. The number of nitrogens with one attached hydrogen (secondary N) is 1. The first-order valence-electron chi connectivity index (χ1n) is 4.82. The van der Waals surface area contributed by atoms with Crippen LogP contribution >= 0.6 is 0 Å². The molecule has 0 aromatic heterocycles. The van der Waals surface area contributed by atoms with E-state index in [2.05, 4.69) is 0 Å². The predicted molar refractivity (Wildman–Crippen MR) is 65.6 cm³/mol. The summed E-state index contributed by atoms with van der Waals surface area (Å²) in [6, 6.07) is 0.606. The van der Waals surface area contributed by atoms with Gasteiger partial charge in [-0.1, -0.05) is 0 Å². The molecule has 1 aromatic rings. The van der Waals surface area contributed by atoms with Gasteiger partial charge in [-0.25, -0.2) is 30.4 Å². The fourth-order valence-corrected chi connectivity index (χ4v) is 4.25. The number of carboxylic acids is 1. The topological polar surface area (TPSA) is 118 Å². The van der Waals surface area contributed by atoms with Crippen LogP contribution in [0, 0.1) is 11.6 Å². The van der Waals surface area contributed by atoms with Gasteiger partial charge < -0.3 is 5.11 Å². The smallest absolute Gasteiger partial charge is 0.338 e. The van der Waals surface area contributed by atoms with Crippen molar-refractivity contribution in [1.82, 2.24) is 0 Å². The zero-order valence-corrected chi connectivity index (χ0v) is 11.6. The van der Waals surface area contributed by atoms with Crippen molar-refractivity contribution in [3.8, 4) is 0 Å². The van der Waals surface area contributed by atoms with E-state index in [0.29, 0.717) is 12.3 Å². The zero-order valence-electron chi connectivity index (χ0n) is 9.92. The maximum Gasteiger partial charge on any atom is 0.338 e. The predicted octanol–water partition coefficient (Wildman–Crippen LogP) is 0.407. The number of benzene rings is 1. The van der Waals surface area contributed by atoms with Crippen molar-refractivity contribution < 1.29 is 35.5 Å². The minimum atomic E-state index is -4.46. The second-order valence-corrected chi connectivity index (χ2v) is 8.11.